The molecular formula is C18H34N2O. The highest BCUT2D eigenvalue weighted by Gasteiger charge is 2.31. The molecule has 0 aromatic heterocycles. The number of carbonyl (C=O) groups is 1. The molecule has 0 bridgehead atoms. The molecule has 0 saturated heterocycles. The van der Waals surface area contributed by atoms with Crippen LogP contribution in [-0.2, 0) is 4.79 Å². The van der Waals surface area contributed by atoms with Crippen LogP contribution >= 0.6 is 0 Å². The summed E-state index contributed by atoms with van der Waals surface area (Å²) in [7, 11) is 0. The van der Waals surface area contributed by atoms with Gasteiger partial charge < -0.3 is 10.6 Å². The molecule has 0 heterocycles. The Labute approximate surface area is 130 Å². The summed E-state index contributed by atoms with van der Waals surface area (Å²) in [5.74, 6) is 1.71. The highest BCUT2D eigenvalue weighted by Crippen LogP contribution is 2.30. The van der Waals surface area contributed by atoms with Crippen molar-refractivity contribution in [3.63, 3.8) is 0 Å². The monoisotopic (exact) mass is 294 g/mol. The first kappa shape index (κ1) is 16.8. The summed E-state index contributed by atoms with van der Waals surface area (Å²) >= 11 is 0. The van der Waals surface area contributed by atoms with Crippen molar-refractivity contribution in [1.82, 2.24) is 4.90 Å². The molecule has 2 fully saturated rings. The maximum absolute atomic E-state index is 12.7. The average molecular weight is 294 g/mol. The zero-order valence-electron chi connectivity index (χ0n) is 13.9. The number of rotatable bonds is 6. The minimum absolute atomic E-state index is 0.383. The molecule has 0 spiro atoms. The van der Waals surface area contributed by atoms with E-state index in [-0.39, 0.29) is 0 Å². The molecule has 3 nitrogen and oxygen atoms in total. The molecule has 2 unspecified atom stereocenters. The molecule has 2 aliphatic rings. The molecule has 2 atom stereocenters. The standard InChI is InChI=1S/C18H34N2O/c1-2-20(17-11-7-6-10-16(17)14-19)18(21)13-12-15-8-4-3-5-9-15/h15-17H,2-14,19H2,1H3. The third-order valence-corrected chi connectivity index (χ3v) is 5.72. The maximum Gasteiger partial charge on any atom is 0.222 e. The van der Waals surface area contributed by atoms with Crippen molar-refractivity contribution in [3.8, 4) is 0 Å². The van der Waals surface area contributed by atoms with Gasteiger partial charge in [-0.1, -0.05) is 44.9 Å². The van der Waals surface area contributed by atoms with Crippen LogP contribution in [0.4, 0.5) is 0 Å². The lowest BCUT2D eigenvalue weighted by Crippen LogP contribution is -2.48. The van der Waals surface area contributed by atoms with Gasteiger partial charge in [-0.05, 0) is 44.6 Å². The van der Waals surface area contributed by atoms with Crippen molar-refractivity contribution in [2.45, 2.75) is 83.6 Å². The predicted octanol–water partition coefficient (Wildman–Crippen LogP) is 3.71. The van der Waals surface area contributed by atoms with Gasteiger partial charge in [0.05, 0.1) is 0 Å². The summed E-state index contributed by atoms with van der Waals surface area (Å²) < 4.78 is 0. The Kier molecular flexibility index (Phi) is 7.01. The largest absolute Gasteiger partial charge is 0.340 e. The van der Waals surface area contributed by atoms with E-state index in [0.717, 1.165) is 38.3 Å². The molecule has 0 aromatic rings. The first-order chi connectivity index (χ1) is 10.3. The lowest BCUT2D eigenvalue weighted by atomic mass is 9.83. The number of hydrogen-bond donors (Lipinski definition) is 1. The van der Waals surface area contributed by atoms with Gasteiger partial charge in [0, 0.05) is 19.0 Å². The summed E-state index contributed by atoms with van der Waals surface area (Å²) in [5.41, 5.74) is 5.94. The second kappa shape index (κ2) is 8.77. The van der Waals surface area contributed by atoms with Gasteiger partial charge in [-0.3, -0.25) is 4.79 Å². The molecule has 1 amide bonds. The first-order valence-corrected chi connectivity index (χ1v) is 9.25. The Morgan fingerprint density at radius 2 is 1.71 bits per heavy atom. The van der Waals surface area contributed by atoms with E-state index in [9.17, 15) is 4.79 Å². The lowest BCUT2D eigenvalue weighted by molar-refractivity contribution is -0.135. The molecule has 0 aliphatic heterocycles. The van der Waals surface area contributed by atoms with Crippen LogP contribution < -0.4 is 5.73 Å². The van der Waals surface area contributed by atoms with Crippen molar-refractivity contribution in [1.29, 1.82) is 0 Å². The van der Waals surface area contributed by atoms with E-state index < -0.39 is 0 Å². The van der Waals surface area contributed by atoms with Gasteiger partial charge >= 0.3 is 0 Å². The maximum atomic E-state index is 12.7. The fraction of sp³-hybridized carbons (Fsp3) is 0.944. The van der Waals surface area contributed by atoms with Crippen LogP contribution in [0.3, 0.4) is 0 Å². The Hall–Kier alpha value is -0.570. The SMILES string of the molecule is CCN(C(=O)CCC1CCCCC1)C1CCCCC1CN. The second-order valence-electron chi connectivity index (χ2n) is 7.07. The van der Waals surface area contributed by atoms with Gasteiger partial charge in [0.25, 0.3) is 0 Å². The summed E-state index contributed by atoms with van der Waals surface area (Å²) in [6.45, 7) is 3.71. The molecule has 122 valence electrons. The van der Waals surface area contributed by atoms with Crippen molar-refractivity contribution < 1.29 is 4.79 Å². The van der Waals surface area contributed by atoms with Gasteiger partial charge in [0.2, 0.25) is 5.91 Å². The van der Waals surface area contributed by atoms with Gasteiger partial charge in [-0.2, -0.15) is 0 Å². The second-order valence-corrected chi connectivity index (χ2v) is 7.07. The summed E-state index contributed by atoms with van der Waals surface area (Å²) in [4.78, 5) is 14.8. The number of nitrogens with two attached hydrogens (primary N) is 1. The van der Waals surface area contributed by atoms with Crippen molar-refractivity contribution in [3.05, 3.63) is 0 Å². The Balaban J connectivity index is 1.84. The van der Waals surface area contributed by atoms with Crippen molar-refractivity contribution in [2.24, 2.45) is 17.6 Å². The van der Waals surface area contributed by atoms with E-state index in [4.69, 9.17) is 5.73 Å². The lowest BCUT2D eigenvalue weighted by Gasteiger charge is -2.39. The number of amides is 1. The topological polar surface area (TPSA) is 46.3 Å². The van der Waals surface area contributed by atoms with Crippen molar-refractivity contribution >= 4 is 5.91 Å². The minimum Gasteiger partial charge on any atom is -0.340 e. The van der Waals surface area contributed by atoms with Gasteiger partial charge in [0.1, 0.15) is 0 Å². The summed E-state index contributed by atoms with van der Waals surface area (Å²) in [6, 6.07) is 0.410. The van der Waals surface area contributed by atoms with E-state index in [1.54, 1.807) is 0 Å². The third-order valence-electron chi connectivity index (χ3n) is 5.72. The van der Waals surface area contributed by atoms with Gasteiger partial charge in [-0.15, -0.1) is 0 Å². The average Bonchev–Trinajstić information content (AvgIpc) is 2.55. The van der Waals surface area contributed by atoms with Crippen LogP contribution in [0.25, 0.3) is 0 Å². The van der Waals surface area contributed by atoms with E-state index >= 15 is 0 Å². The van der Waals surface area contributed by atoms with E-state index in [0.29, 0.717) is 17.9 Å². The highest BCUT2D eigenvalue weighted by atomic mass is 16.2. The van der Waals surface area contributed by atoms with Crippen LogP contribution in [-0.4, -0.2) is 29.9 Å². The van der Waals surface area contributed by atoms with Crippen molar-refractivity contribution in [2.75, 3.05) is 13.1 Å². The number of nitrogens with zero attached hydrogens (tertiary/aromatic N) is 1. The van der Waals surface area contributed by atoms with E-state index in [1.165, 1.54) is 51.4 Å². The Morgan fingerprint density at radius 1 is 1.05 bits per heavy atom. The first-order valence-electron chi connectivity index (χ1n) is 9.25. The van der Waals surface area contributed by atoms with Crippen LogP contribution in [0.15, 0.2) is 0 Å². The number of carbonyl (C=O) groups excluding carboxylic acids is 1. The quantitative estimate of drug-likeness (QED) is 0.811. The molecule has 3 heteroatoms. The molecule has 2 aliphatic carbocycles. The molecule has 2 N–H and O–H groups in total. The smallest absolute Gasteiger partial charge is 0.222 e. The van der Waals surface area contributed by atoms with Gasteiger partial charge in [0.15, 0.2) is 0 Å². The van der Waals surface area contributed by atoms with E-state index in [2.05, 4.69) is 11.8 Å². The zero-order valence-corrected chi connectivity index (χ0v) is 13.9. The molecule has 0 aromatic carbocycles. The normalized spacial score (nSPS) is 27.5. The Morgan fingerprint density at radius 3 is 2.38 bits per heavy atom. The van der Waals surface area contributed by atoms with Crippen LogP contribution in [0.1, 0.15) is 77.6 Å². The highest BCUT2D eigenvalue weighted by molar-refractivity contribution is 5.76. The third kappa shape index (κ3) is 4.70. The summed E-state index contributed by atoms with van der Waals surface area (Å²) in [6.07, 6.45) is 13.6. The minimum atomic E-state index is 0.383. The zero-order chi connectivity index (χ0) is 15.1. The number of hydrogen-bond acceptors (Lipinski definition) is 2. The Bertz CT molecular complexity index is 312. The van der Waals surface area contributed by atoms with Crippen LogP contribution in [0.2, 0.25) is 0 Å². The fourth-order valence-corrected chi connectivity index (χ4v) is 4.42. The fourth-order valence-electron chi connectivity index (χ4n) is 4.42. The molecule has 2 saturated carbocycles. The van der Waals surface area contributed by atoms with Crippen LogP contribution in [0, 0.1) is 11.8 Å². The molecule has 2 rings (SSSR count). The molecular weight excluding hydrogens is 260 g/mol. The summed E-state index contributed by atoms with van der Waals surface area (Å²) in [5, 5.41) is 0. The van der Waals surface area contributed by atoms with Gasteiger partial charge in [-0.25, -0.2) is 0 Å². The molecule has 0 radical (unpaired) electrons. The van der Waals surface area contributed by atoms with Crippen LogP contribution in [0.5, 0.6) is 0 Å². The van der Waals surface area contributed by atoms with E-state index in [1.807, 2.05) is 0 Å². The molecule has 21 heavy (non-hydrogen) atoms. The predicted molar refractivity (Wildman–Crippen MR) is 88.0 cm³/mol.